The third-order valence-corrected chi connectivity index (χ3v) is 7.61. The van der Waals surface area contributed by atoms with E-state index < -0.39 is 0 Å². The highest BCUT2D eigenvalue weighted by Gasteiger charge is 2.23. The molecular weight excluding hydrogens is 469 g/mol. The summed E-state index contributed by atoms with van der Waals surface area (Å²) in [5.41, 5.74) is 10.6. The summed E-state index contributed by atoms with van der Waals surface area (Å²) in [7, 11) is 2.04. The van der Waals surface area contributed by atoms with E-state index in [2.05, 4.69) is 99.1 Å². The van der Waals surface area contributed by atoms with E-state index in [4.69, 9.17) is 4.42 Å². The molecule has 0 aliphatic rings. The summed E-state index contributed by atoms with van der Waals surface area (Å²) < 4.78 is 24.1. The normalized spacial score (nSPS) is 11.7. The molecule has 0 fully saturated rings. The van der Waals surface area contributed by atoms with Crippen LogP contribution in [0.5, 0.6) is 0 Å². The van der Waals surface area contributed by atoms with Crippen LogP contribution in [-0.4, -0.2) is 0 Å². The molecule has 0 N–H and O–H groups in total. The Hall–Kier alpha value is -4.24. The Labute approximate surface area is 223 Å². The topological polar surface area (TPSA) is 17.0 Å². The van der Waals surface area contributed by atoms with E-state index in [1.165, 1.54) is 11.1 Å². The van der Waals surface area contributed by atoms with Crippen LogP contribution in [0.1, 0.15) is 36.5 Å². The Morgan fingerprint density at radius 1 is 0.684 bits per heavy atom. The Balaban J connectivity index is 1.51. The van der Waals surface area contributed by atoms with Crippen molar-refractivity contribution in [1.82, 2.24) is 0 Å². The molecule has 4 aromatic carbocycles. The average Bonchev–Trinajstić information content (AvgIpc) is 3.28. The molecule has 0 amide bonds. The van der Waals surface area contributed by atoms with E-state index in [9.17, 15) is 0 Å². The van der Waals surface area contributed by atoms with Gasteiger partial charge in [-0.1, -0.05) is 74.5 Å². The fraction of sp³-hybridized carbons (Fsp3) is 0.171. The number of furan rings is 1. The molecule has 0 aliphatic heterocycles. The summed E-state index contributed by atoms with van der Waals surface area (Å²) in [6, 6.07) is 28.6. The van der Waals surface area contributed by atoms with E-state index in [0.29, 0.717) is 17.1 Å². The van der Waals surface area contributed by atoms with Crippen LogP contribution < -0.4 is 4.57 Å². The molecule has 6 rings (SSSR count). The lowest BCUT2D eigenvalue weighted by molar-refractivity contribution is -0.660. The minimum Gasteiger partial charge on any atom is -0.454 e. The maximum Gasteiger partial charge on any atom is 0.216 e. The fourth-order valence-electron chi connectivity index (χ4n) is 5.38. The van der Waals surface area contributed by atoms with Crippen LogP contribution in [0, 0.1) is 19.7 Å². The highest BCUT2D eigenvalue weighted by atomic mass is 19.1. The number of rotatable bonds is 4. The maximum absolute atomic E-state index is 15.4. The molecule has 0 atom stereocenters. The van der Waals surface area contributed by atoms with Crippen LogP contribution in [0.3, 0.4) is 0 Å². The largest absolute Gasteiger partial charge is 0.454 e. The molecule has 3 heteroatoms. The summed E-state index contributed by atoms with van der Waals surface area (Å²) in [4.78, 5) is 0. The zero-order valence-electron chi connectivity index (χ0n) is 22.5. The zero-order chi connectivity index (χ0) is 26.6. The van der Waals surface area contributed by atoms with Gasteiger partial charge in [0.15, 0.2) is 6.20 Å². The molecule has 0 aliphatic carbocycles. The van der Waals surface area contributed by atoms with Crippen molar-refractivity contribution in [2.75, 3.05) is 0 Å². The summed E-state index contributed by atoms with van der Waals surface area (Å²) in [6.07, 6.45) is 2.06. The molecule has 188 valence electrons. The van der Waals surface area contributed by atoms with Gasteiger partial charge in [-0.05, 0) is 65.3 Å². The number of fused-ring (bicyclic) bond motifs is 3. The van der Waals surface area contributed by atoms with Gasteiger partial charge in [0.05, 0.1) is 11.1 Å². The third kappa shape index (κ3) is 3.99. The Morgan fingerprint density at radius 2 is 1.26 bits per heavy atom. The highest BCUT2D eigenvalue weighted by Crippen LogP contribution is 2.42. The zero-order valence-corrected chi connectivity index (χ0v) is 22.5. The lowest BCUT2D eigenvalue weighted by atomic mass is 9.96. The quantitative estimate of drug-likeness (QED) is 0.220. The lowest BCUT2D eigenvalue weighted by Gasteiger charge is -2.09. The van der Waals surface area contributed by atoms with Crippen LogP contribution >= 0.6 is 0 Å². The smallest absolute Gasteiger partial charge is 0.216 e. The van der Waals surface area contributed by atoms with Gasteiger partial charge in [0.25, 0.3) is 0 Å². The maximum atomic E-state index is 15.4. The molecule has 0 bridgehead atoms. The second-order valence-electron chi connectivity index (χ2n) is 10.6. The van der Waals surface area contributed by atoms with Crippen molar-refractivity contribution in [2.24, 2.45) is 7.05 Å². The predicted octanol–water partition coefficient (Wildman–Crippen LogP) is 9.29. The van der Waals surface area contributed by atoms with Crippen molar-refractivity contribution in [2.45, 2.75) is 33.6 Å². The minimum absolute atomic E-state index is 0.287. The van der Waals surface area contributed by atoms with Gasteiger partial charge in [0, 0.05) is 22.9 Å². The van der Waals surface area contributed by atoms with Crippen LogP contribution in [0.2, 0.25) is 0 Å². The number of hydrogen-bond acceptors (Lipinski definition) is 1. The monoisotopic (exact) mass is 500 g/mol. The summed E-state index contributed by atoms with van der Waals surface area (Å²) >= 11 is 0. The Kier molecular flexibility index (Phi) is 5.87. The van der Waals surface area contributed by atoms with Gasteiger partial charge in [0.2, 0.25) is 5.69 Å². The Morgan fingerprint density at radius 3 is 1.92 bits per heavy atom. The van der Waals surface area contributed by atoms with Crippen molar-refractivity contribution < 1.29 is 13.4 Å². The van der Waals surface area contributed by atoms with Crippen LogP contribution in [0.25, 0.3) is 55.4 Å². The summed E-state index contributed by atoms with van der Waals surface area (Å²) in [6.45, 7) is 8.58. The molecule has 6 aromatic rings. The second kappa shape index (κ2) is 9.25. The number of benzene rings is 4. The van der Waals surface area contributed by atoms with E-state index in [-0.39, 0.29) is 5.82 Å². The number of halogens is 1. The van der Waals surface area contributed by atoms with E-state index in [1.54, 1.807) is 6.07 Å². The van der Waals surface area contributed by atoms with Crippen molar-refractivity contribution >= 4 is 21.9 Å². The Bertz CT molecular complexity index is 1810. The molecule has 2 heterocycles. The molecular formula is C35H31FNO+. The molecule has 38 heavy (non-hydrogen) atoms. The molecule has 2 aromatic heterocycles. The minimum atomic E-state index is -0.287. The average molecular weight is 501 g/mol. The third-order valence-electron chi connectivity index (χ3n) is 7.61. The van der Waals surface area contributed by atoms with E-state index >= 15 is 4.39 Å². The van der Waals surface area contributed by atoms with Crippen molar-refractivity contribution in [3.63, 3.8) is 0 Å². The highest BCUT2D eigenvalue weighted by molar-refractivity contribution is 6.13. The summed E-state index contributed by atoms with van der Waals surface area (Å²) in [5, 5.41) is 1.91. The number of nitrogens with zero attached hydrogens (tertiary/aromatic N) is 1. The van der Waals surface area contributed by atoms with Gasteiger partial charge in [-0.2, -0.15) is 0 Å². The van der Waals surface area contributed by atoms with Gasteiger partial charge in [-0.25, -0.2) is 8.96 Å². The molecule has 0 radical (unpaired) electrons. The number of aromatic nitrogens is 1. The molecule has 0 spiro atoms. The van der Waals surface area contributed by atoms with Gasteiger partial charge in [-0.3, -0.25) is 0 Å². The summed E-state index contributed by atoms with van der Waals surface area (Å²) in [5.74, 6) is 0.210. The first kappa shape index (κ1) is 24.1. The van der Waals surface area contributed by atoms with Crippen molar-refractivity contribution in [3.8, 4) is 33.5 Å². The van der Waals surface area contributed by atoms with Crippen molar-refractivity contribution in [3.05, 3.63) is 114 Å². The van der Waals surface area contributed by atoms with Crippen LogP contribution in [0.15, 0.2) is 95.5 Å². The van der Waals surface area contributed by atoms with Gasteiger partial charge in [0.1, 0.15) is 24.0 Å². The van der Waals surface area contributed by atoms with E-state index in [0.717, 1.165) is 49.9 Å². The SMILES string of the molecule is Cc1cc[n+](C)c(-c2c(C)ccc3c2oc2c(-c4ccc(-c5ccc(C(C)C)cc5)cc4)c(F)ccc23)c1. The molecule has 0 saturated heterocycles. The fourth-order valence-corrected chi connectivity index (χ4v) is 5.38. The molecule has 2 nitrogen and oxygen atoms in total. The number of hydrogen-bond donors (Lipinski definition) is 0. The van der Waals surface area contributed by atoms with Crippen LogP contribution in [-0.2, 0) is 7.05 Å². The van der Waals surface area contributed by atoms with Gasteiger partial charge in [-0.15, -0.1) is 0 Å². The van der Waals surface area contributed by atoms with Gasteiger partial charge < -0.3 is 4.42 Å². The number of aryl methyl sites for hydroxylation is 3. The molecule has 0 saturated carbocycles. The molecule has 0 unspecified atom stereocenters. The first-order valence-corrected chi connectivity index (χ1v) is 13.1. The lowest BCUT2D eigenvalue weighted by Crippen LogP contribution is -2.30. The number of pyridine rings is 1. The second-order valence-corrected chi connectivity index (χ2v) is 10.6. The standard InChI is InChI=1S/C35H31FNO/c1-21(2)24-7-9-25(10-8-24)26-11-13-27(14-12-26)33-30(36)17-16-29-28-15-6-23(4)32(34(28)38-35(29)33)31-20-22(3)18-19-37(31)5/h6-21H,1-5H3/q+1. The van der Waals surface area contributed by atoms with E-state index in [1.807, 2.05) is 25.2 Å². The van der Waals surface area contributed by atoms with Crippen molar-refractivity contribution in [1.29, 1.82) is 0 Å². The first-order valence-electron chi connectivity index (χ1n) is 13.1. The van der Waals surface area contributed by atoms with Gasteiger partial charge >= 0.3 is 0 Å². The predicted molar refractivity (Wildman–Crippen MR) is 155 cm³/mol. The first-order chi connectivity index (χ1) is 18.3. The van der Waals surface area contributed by atoms with Crippen LogP contribution in [0.4, 0.5) is 4.39 Å².